The molecule has 4 N–H and O–H groups in total. The Morgan fingerprint density at radius 3 is 2.67 bits per heavy atom. The molecule has 0 bridgehead atoms. The normalized spacial score (nSPS) is 11.4. The number of rotatable bonds is 5. The fourth-order valence-corrected chi connectivity index (χ4v) is 1.06. The molecule has 0 spiro atoms. The van der Waals surface area contributed by atoms with Gasteiger partial charge in [-0.25, -0.2) is 0 Å². The van der Waals surface area contributed by atoms with E-state index in [1.165, 1.54) is 6.20 Å². The molecule has 1 heterocycles. The van der Waals surface area contributed by atoms with Crippen molar-refractivity contribution in [1.29, 1.82) is 0 Å². The van der Waals surface area contributed by atoms with E-state index in [1.54, 1.807) is 6.92 Å². The second kappa shape index (κ2) is 4.85. The molecule has 0 saturated carbocycles. The van der Waals surface area contributed by atoms with Crippen molar-refractivity contribution in [1.82, 2.24) is 20.7 Å². The van der Waals surface area contributed by atoms with E-state index in [4.69, 9.17) is 10.2 Å². The van der Waals surface area contributed by atoms with Crippen LogP contribution in [0.3, 0.4) is 0 Å². The quantitative estimate of drug-likeness (QED) is 0.485. The van der Waals surface area contributed by atoms with Gasteiger partial charge in [-0.15, -0.1) is 0 Å². The molecule has 0 unspecified atom stereocenters. The van der Waals surface area contributed by atoms with Gasteiger partial charge in [-0.05, 0) is 6.42 Å². The molecule has 84 valence electrons. The molecule has 7 nitrogen and oxygen atoms in total. The smallest absolute Gasteiger partial charge is 0.274 e. The lowest BCUT2D eigenvalue weighted by Gasteiger charge is -2.29. The van der Waals surface area contributed by atoms with Gasteiger partial charge >= 0.3 is 0 Å². The lowest BCUT2D eigenvalue weighted by molar-refractivity contribution is 0.0649. The Morgan fingerprint density at radius 2 is 2.27 bits per heavy atom. The molecule has 7 heteroatoms. The molecule has 0 aromatic carbocycles. The van der Waals surface area contributed by atoms with Crippen LogP contribution in [0.2, 0.25) is 0 Å². The summed E-state index contributed by atoms with van der Waals surface area (Å²) < 4.78 is 0. The topological polar surface area (TPSA) is 111 Å². The maximum atomic E-state index is 11.5. The molecule has 0 atom stereocenters. The average Bonchev–Trinajstić information content (AvgIpc) is 2.79. The van der Waals surface area contributed by atoms with Gasteiger partial charge in [0.1, 0.15) is 0 Å². The minimum atomic E-state index is -1.00. The molecule has 0 aliphatic rings. The highest BCUT2D eigenvalue weighted by Crippen LogP contribution is 2.09. The van der Waals surface area contributed by atoms with E-state index in [0.717, 1.165) is 0 Å². The third kappa shape index (κ3) is 2.51. The van der Waals surface area contributed by atoms with E-state index in [9.17, 15) is 4.79 Å². The first kappa shape index (κ1) is 11.6. The van der Waals surface area contributed by atoms with Crippen molar-refractivity contribution in [3.63, 3.8) is 0 Å². The number of amides is 1. The maximum Gasteiger partial charge on any atom is 0.274 e. The average molecular weight is 214 g/mol. The number of aromatic amines is 1. The zero-order valence-corrected chi connectivity index (χ0v) is 8.40. The summed E-state index contributed by atoms with van der Waals surface area (Å²) in [5.74, 6) is -0.478. The van der Waals surface area contributed by atoms with Crippen LogP contribution in [0.4, 0.5) is 0 Å². The Bertz CT molecular complexity index is 299. The Kier molecular flexibility index (Phi) is 3.75. The predicted octanol–water partition coefficient (Wildman–Crippen LogP) is -1.33. The van der Waals surface area contributed by atoms with Gasteiger partial charge in [0, 0.05) is 0 Å². The van der Waals surface area contributed by atoms with E-state index in [0.29, 0.717) is 6.42 Å². The van der Waals surface area contributed by atoms with E-state index in [1.807, 2.05) is 0 Å². The van der Waals surface area contributed by atoms with Crippen LogP contribution in [0.15, 0.2) is 6.20 Å². The molecule has 0 aliphatic heterocycles. The van der Waals surface area contributed by atoms with Crippen molar-refractivity contribution in [3.05, 3.63) is 11.9 Å². The molecule has 0 fully saturated rings. The van der Waals surface area contributed by atoms with Crippen molar-refractivity contribution in [2.45, 2.75) is 18.9 Å². The number of nitrogens with one attached hydrogen (secondary N) is 2. The van der Waals surface area contributed by atoms with Gasteiger partial charge in [0.15, 0.2) is 5.69 Å². The summed E-state index contributed by atoms with van der Waals surface area (Å²) in [5, 5.41) is 30.1. The van der Waals surface area contributed by atoms with Crippen LogP contribution >= 0.6 is 0 Å². The third-order valence-electron chi connectivity index (χ3n) is 2.31. The van der Waals surface area contributed by atoms with Gasteiger partial charge in [-0.3, -0.25) is 4.79 Å². The fourth-order valence-electron chi connectivity index (χ4n) is 1.06. The largest absolute Gasteiger partial charge is 0.394 e. The van der Waals surface area contributed by atoms with Gasteiger partial charge in [0.2, 0.25) is 0 Å². The second-order valence-corrected chi connectivity index (χ2v) is 3.26. The van der Waals surface area contributed by atoms with E-state index in [-0.39, 0.29) is 18.9 Å². The lowest BCUT2D eigenvalue weighted by Crippen LogP contribution is -2.53. The first-order chi connectivity index (χ1) is 7.17. The van der Waals surface area contributed by atoms with E-state index >= 15 is 0 Å². The van der Waals surface area contributed by atoms with Gasteiger partial charge in [0.25, 0.3) is 5.91 Å². The predicted molar refractivity (Wildman–Crippen MR) is 51.0 cm³/mol. The highest BCUT2D eigenvalue weighted by atomic mass is 16.3. The van der Waals surface area contributed by atoms with Crippen molar-refractivity contribution in [3.8, 4) is 0 Å². The van der Waals surface area contributed by atoms with Crippen LogP contribution in [0.25, 0.3) is 0 Å². The molecule has 15 heavy (non-hydrogen) atoms. The number of hydrogen-bond acceptors (Lipinski definition) is 5. The number of carbonyl (C=O) groups is 1. The minimum Gasteiger partial charge on any atom is -0.394 e. The van der Waals surface area contributed by atoms with Crippen molar-refractivity contribution in [2.24, 2.45) is 0 Å². The molecular weight excluding hydrogens is 200 g/mol. The maximum absolute atomic E-state index is 11.5. The zero-order chi connectivity index (χ0) is 11.3. The SMILES string of the molecule is CCC(CO)(CO)NC(=O)c1cn[nH]n1. The number of nitrogens with zero attached hydrogens (tertiary/aromatic N) is 2. The highest BCUT2D eigenvalue weighted by molar-refractivity contribution is 5.92. The summed E-state index contributed by atoms with van der Waals surface area (Å²) in [6.45, 7) is 1.10. The van der Waals surface area contributed by atoms with Crippen molar-refractivity contribution >= 4 is 5.91 Å². The summed E-state index contributed by atoms with van der Waals surface area (Å²) in [4.78, 5) is 11.5. The summed E-state index contributed by atoms with van der Waals surface area (Å²) in [6.07, 6.45) is 1.69. The molecule has 1 aromatic rings. The molecule has 1 aromatic heterocycles. The van der Waals surface area contributed by atoms with Crippen LogP contribution in [0.1, 0.15) is 23.8 Å². The third-order valence-corrected chi connectivity index (χ3v) is 2.31. The number of H-pyrrole nitrogens is 1. The molecule has 1 amide bonds. The Morgan fingerprint density at radius 1 is 1.60 bits per heavy atom. The summed E-state index contributed by atoms with van der Waals surface area (Å²) in [7, 11) is 0. The van der Waals surface area contributed by atoms with E-state index in [2.05, 4.69) is 20.7 Å². The van der Waals surface area contributed by atoms with Gasteiger partial charge < -0.3 is 15.5 Å². The standard InChI is InChI=1S/C8H14N4O3/c1-2-8(4-13,5-14)10-7(15)6-3-9-12-11-6/h3,13-14H,2,4-5H2,1H3,(H,10,15)(H,9,11,12). The fraction of sp³-hybridized carbons (Fsp3) is 0.625. The van der Waals surface area contributed by atoms with Crippen LogP contribution in [0, 0.1) is 0 Å². The van der Waals surface area contributed by atoms with Crippen LogP contribution in [-0.4, -0.2) is 50.3 Å². The monoisotopic (exact) mass is 214 g/mol. The van der Waals surface area contributed by atoms with Gasteiger partial charge in [-0.1, -0.05) is 6.92 Å². The molecular formula is C8H14N4O3. The number of aliphatic hydroxyl groups is 2. The first-order valence-corrected chi connectivity index (χ1v) is 4.57. The number of carbonyl (C=O) groups excluding carboxylic acids is 1. The molecule has 0 saturated heterocycles. The van der Waals surface area contributed by atoms with Crippen LogP contribution in [0.5, 0.6) is 0 Å². The minimum absolute atomic E-state index is 0.120. The summed E-state index contributed by atoms with van der Waals surface area (Å²) in [6, 6.07) is 0. The van der Waals surface area contributed by atoms with Gasteiger partial charge in [0.05, 0.1) is 24.9 Å². The first-order valence-electron chi connectivity index (χ1n) is 4.57. The van der Waals surface area contributed by atoms with Crippen molar-refractivity contribution in [2.75, 3.05) is 13.2 Å². The van der Waals surface area contributed by atoms with E-state index < -0.39 is 11.4 Å². The Labute approximate surface area is 86.5 Å². The molecule has 0 aliphatic carbocycles. The number of aromatic nitrogens is 3. The summed E-state index contributed by atoms with van der Waals surface area (Å²) in [5.41, 5.74) is -0.884. The Hall–Kier alpha value is -1.47. The second-order valence-electron chi connectivity index (χ2n) is 3.26. The number of aliphatic hydroxyl groups excluding tert-OH is 2. The lowest BCUT2D eigenvalue weighted by atomic mass is 9.98. The molecule has 1 rings (SSSR count). The zero-order valence-electron chi connectivity index (χ0n) is 8.40. The van der Waals surface area contributed by atoms with Gasteiger partial charge in [-0.2, -0.15) is 15.4 Å². The summed E-state index contributed by atoms with van der Waals surface area (Å²) >= 11 is 0. The molecule has 0 radical (unpaired) electrons. The van der Waals surface area contributed by atoms with Crippen LogP contribution in [-0.2, 0) is 0 Å². The Balaban J connectivity index is 2.71. The highest BCUT2D eigenvalue weighted by Gasteiger charge is 2.29. The van der Waals surface area contributed by atoms with Crippen molar-refractivity contribution < 1.29 is 15.0 Å². The number of hydrogen-bond donors (Lipinski definition) is 4. The van der Waals surface area contributed by atoms with Crippen LogP contribution < -0.4 is 5.32 Å².